The van der Waals surface area contributed by atoms with Crippen molar-refractivity contribution < 1.29 is 13.9 Å². The van der Waals surface area contributed by atoms with Crippen LogP contribution in [-0.4, -0.2) is 6.61 Å². The van der Waals surface area contributed by atoms with Crippen molar-refractivity contribution in [2.45, 2.75) is 20.1 Å². The summed E-state index contributed by atoms with van der Waals surface area (Å²) >= 11 is 5.99. The monoisotopic (exact) mass is 309 g/mol. The molecular formula is C16H17ClFNO2. The molecule has 112 valence electrons. The minimum Gasteiger partial charge on any atom is -0.490 e. The first kappa shape index (κ1) is 15.6. The molecule has 2 rings (SSSR count). The molecule has 0 heterocycles. The van der Waals surface area contributed by atoms with Gasteiger partial charge < -0.3 is 15.2 Å². The highest BCUT2D eigenvalue weighted by Crippen LogP contribution is 2.32. The summed E-state index contributed by atoms with van der Waals surface area (Å²) in [7, 11) is 0. The number of rotatable bonds is 6. The van der Waals surface area contributed by atoms with Crippen molar-refractivity contribution in [2.75, 3.05) is 6.61 Å². The van der Waals surface area contributed by atoms with Gasteiger partial charge in [0.05, 0.1) is 11.6 Å². The molecule has 0 amide bonds. The van der Waals surface area contributed by atoms with Crippen LogP contribution in [0.1, 0.15) is 18.1 Å². The first-order valence-corrected chi connectivity index (χ1v) is 7.05. The first-order chi connectivity index (χ1) is 10.2. The number of benzene rings is 2. The van der Waals surface area contributed by atoms with Gasteiger partial charge in [-0.1, -0.05) is 29.8 Å². The van der Waals surface area contributed by atoms with Crippen LogP contribution in [0.2, 0.25) is 5.02 Å². The Hall–Kier alpha value is -1.78. The van der Waals surface area contributed by atoms with E-state index < -0.39 is 5.82 Å². The van der Waals surface area contributed by atoms with Gasteiger partial charge in [0.15, 0.2) is 11.5 Å². The van der Waals surface area contributed by atoms with Gasteiger partial charge >= 0.3 is 0 Å². The van der Waals surface area contributed by atoms with E-state index in [0.717, 1.165) is 5.56 Å². The molecule has 0 spiro atoms. The fourth-order valence-electron chi connectivity index (χ4n) is 1.97. The van der Waals surface area contributed by atoms with Crippen molar-refractivity contribution >= 4 is 11.6 Å². The summed E-state index contributed by atoms with van der Waals surface area (Å²) in [6, 6.07) is 10.0. The number of halogens is 2. The maximum absolute atomic E-state index is 13.8. The van der Waals surface area contributed by atoms with Gasteiger partial charge in [0.25, 0.3) is 0 Å². The topological polar surface area (TPSA) is 44.5 Å². The van der Waals surface area contributed by atoms with E-state index in [1.54, 1.807) is 18.2 Å². The standard InChI is InChI=1S/C16H17ClFNO2/c1-2-20-15-8-3-5-11(9-19)16(15)21-10-12-13(17)6-4-7-14(12)18/h3-8H,2,9-10,19H2,1H3. The second kappa shape index (κ2) is 7.29. The second-order valence-electron chi connectivity index (χ2n) is 4.37. The Morgan fingerprint density at radius 3 is 2.57 bits per heavy atom. The lowest BCUT2D eigenvalue weighted by Crippen LogP contribution is -2.06. The number of ether oxygens (including phenoxy) is 2. The van der Waals surface area contributed by atoms with Crippen molar-refractivity contribution in [1.29, 1.82) is 0 Å². The molecule has 0 aliphatic heterocycles. The minimum absolute atomic E-state index is 0.0165. The predicted molar refractivity (Wildman–Crippen MR) is 81.2 cm³/mol. The summed E-state index contributed by atoms with van der Waals surface area (Å²) in [4.78, 5) is 0. The lowest BCUT2D eigenvalue weighted by molar-refractivity contribution is 0.263. The molecule has 0 fully saturated rings. The van der Waals surface area contributed by atoms with E-state index >= 15 is 0 Å². The Kier molecular flexibility index (Phi) is 5.42. The van der Waals surface area contributed by atoms with Gasteiger partial charge in [-0.15, -0.1) is 0 Å². The zero-order valence-electron chi connectivity index (χ0n) is 11.7. The van der Waals surface area contributed by atoms with Gasteiger partial charge in [0.1, 0.15) is 12.4 Å². The third kappa shape index (κ3) is 3.65. The molecular weight excluding hydrogens is 293 g/mol. The molecule has 2 aromatic carbocycles. The lowest BCUT2D eigenvalue weighted by Gasteiger charge is -2.16. The maximum Gasteiger partial charge on any atom is 0.166 e. The summed E-state index contributed by atoms with van der Waals surface area (Å²) in [5, 5.41) is 0.332. The molecule has 0 aliphatic carbocycles. The highest BCUT2D eigenvalue weighted by Gasteiger charge is 2.13. The lowest BCUT2D eigenvalue weighted by atomic mass is 10.2. The highest BCUT2D eigenvalue weighted by atomic mass is 35.5. The summed E-state index contributed by atoms with van der Waals surface area (Å²) in [5.41, 5.74) is 6.82. The largest absolute Gasteiger partial charge is 0.490 e. The fourth-order valence-corrected chi connectivity index (χ4v) is 2.19. The molecule has 3 nitrogen and oxygen atoms in total. The predicted octanol–water partition coefficient (Wildman–Crippen LogP) is 3.92. The Morgan fingerprint density at radius 2 is 1.90 bits per heavy atom. The van der Waals surface area contributed by atoms with Gasteiger partial charge in [-0.25, -0.2) is 4.39 Å². The fraction of sp³-hybridized carbons (Fsp3) is 0.250. The van der Waals surface area contributed by atoms with E-state index in [4.69, 9.17) is 26.8 Å². The van der Waals surface area contributed by atoms with Crippen molar-refractivity contribution in [2.24, 2.45) is 5.73 Å². The smallest absolute Gasteiger partial charge is 0.166 e. The van der Waals surface area contributed by atoms with E-state index in [2.05, 4.69) is 0 Å². The zero-order chi connectivity index (χ0) is 15.2. The number of hydrogen-bond acceptors (Lipinski definition) is 3. The molecule has 0 aliphatic rings. The summed E-state index contributed by atoms with van der Waals surface area (Å²) in [6.45, 7) is 2.71. The molecule has 0 unspecified atom stereocenters. The Balaban J connectivity index is 2.27. The first-order valence-electron chi connectivity index (χ1n) is 6.67. The summed E-state index contributed by atoms with van der Waals surface area (Å²) in [5.74, 6) is 0.722. The highest BCUT2D eigenvalue weighted by molar-refractivity contribution is 6.31. The Bertz CT molecular complexity index is 599. The van der Waals surface area contributed by atoms with Crippen molar-refractivity contribution in [3.05, 3.63) is 58.4 Å². The Morgan fingerprint density at radius 1 is 1.14 bits per heavy atom. The van der Waals surface area contributed by atoms with Gasteiger partial charge in [0, 0.05) is 17.7 Å². The molecule has 0 saturated heterocycles. The van der Waals surface area contributed by atoms with E-state index in [-0.39, 0.29) is 6.61 Å². The molecule has 0 bridgehead atoms. The van der Waals surface area contributed by atoms with E-state index in [1.807, 2.05) is 19.1 Å². The van der Waals surface area contributed by atoms with E-state index in [1.165, 1.54) is 6.07 Å². The third-order valence-corrected chi connectivity index (χ3v) is 3.36. The quantitative estimate of drug-likeness (QED) is 0.879. The van der Waals surface area contributed by atoms with E-state index in [0.29, 0.717) is 35.2 Å². The maximum atomic E-state index is 13.8. The van der Waals surface area contributed by atoms with Gasteiger partial charge in [-0.3, -0.25) is 0 Å². The second-order valence-corrected chi connectivity index (χ2v) is 4.78. The number of hydrogen-bond donors (Lipinski definition) is 1. The minimum atomic E-state index is -0.398. The molecule has 0 atom stereocenters. The number of nitrogens with two attached hydrogens (primary N) is 1. The van der Waals surface area contributed by atoms with Crippen molar-refractivity contribution in [3.8, 4) is 11.5 Å². The van der Waals surface area contributed by atoms with Crippen LogP contribution in [0.5, 0.6) is 11.5 Å². The summed E-state index contributed by atoms with van der Waals surface area (Å²) < 4.78 is 25.0. The van der Waals surface area contributed by atoms with Gasteiger partial charge in [-0.05, 0) is 25.1 Å². The van der Waals surface area contributed by atoms with Crippen LogP contribution in [0.3, 0.4) is 0 Å². The average Bonchev–Trinajstić information content (AvgIpc) is 2.48. The van der Waals surface area contributed by atoms with Crippen molar-refractivity contribution in [1.82, 2.24) is 0 Å². The molecule has 21 heavy (non-hydrogen) atoms. The van der Waals surface area contributed by atoms with Crippen LogP contribution in [0.25, 0.3) is 0 Å². The normalized spacial score (nSPS) is 10.5. The number of para-hydroxylation sites is 1. The van der Waals surface area contributed by atoms with Gasteiger partial charge in [-0.2, -0.15) is 0 Å². The van der Waals surface area contributed by atoms with Gasteiger partial charge in [0.2, 0.25) is 0 Å². The molecule has 0 aromatic heterocycles. The molecule has 2 N–H and O–H groups in total. The summed E-state index contributed by atoms with van der Waals surface area (Å²) in [6.07, 6.45) is 0. The van der Waals surface area contributed by atoms with E-state index in [9.17, 15) is 4.39 Å². The van der Waals surface area contributed by atoms with Crippen LogP contribution in [-0.2, 0) is 13.2 Å². The van der Waals surface area contributed by atoms with Crippen LogP contribution in [0, 0.1) is 5.82 Å². The molecule has 2 aromatic rings. The Labute approximate surface area is 128 Å². The third-order valence-electron chi connectivity index (χ3n) is 3.00. The van der Waals surface area contributed by atoms with Crippen LogP contribution in [0.4, 0.5) is 4.39 Å². The average molecular weight is 310 g/mol. The zero-order valence-corrected chi connectivity index (χ0v) is 12.5. The molecule has 0 radical (unpaired) electrons. The SMILES string of the molecule is CCOc1cccc(CN)c1OCc1c(F)cccc1Cl. The van der Waals surface area contributed by atoms with Crippen LogP contribution in [0.15, 0.2) is 36.4 Å². The molecule has 5 heteroatoms. The van der Waals surface area contributed by atoms with Crippen LogP contribution >= 0.6 is 11.6 Å². The van der Waals surface area contributed by atoms with Crippen LogP contribution < -0.4 is 15.2 Å². The van der Waals surface area contributed by atoms with Crippen molar-refractivity contribution in [3.63, 3.8) is 0 Å². The molecule has 0 saturated carbocycles.